The van der Waals surface area contributed by atoms with Gasteiger partial charge in [0.05, 0.1) is 23.6 Å². The van der Waals surface area contributed by atoms with Crippen molar-refractivity contribution in [1.29, 1.82) is 0 Å². The zero-order valence-corrected chi connectivity index (χ0v) is 17.6. The summed E-state index contributed by atoms with van der Waals surface area (Å²) in [6, 6.07) is 21.7. The highest BCUT2D eigenvalue weighted by atomic mass is 32.2. The van der Waals surface area contributed by atoms with E-state index < -0.39 is 0 Å². The molecular weight excluding hydrogens is 350 g/mol. The number of hydrogen-bond acceptors (Lipinski definition) is 2. The van der Waals surface area contributed by atoms with E-state index in [-0.39, 0.29) is 17.0 Å². The van der Waals surface area contributed by atoms with Crippen molar-refractivity contribution < 1.29 is 4.74 Å². The van der Waals surface area contributed by atoms with Gasteiger partial charge in [0.2, 0.25) is 0 Å². The zero-order valence-electron chi connectivity index (χ0n) is 16.8. The van der Waals surface area contributed by atoms with Gasteiger partial charge in [0.1, 0.15) is 0 Å². The largest absolute Gasteiger partial charge is 0.372 e. The summed E-state index contributed by atoms with van der Waals surface area (Å²) in [5, 5.41) is 0. The number of ether oxygens (including phenoxy) is 1. The van der Waals surface area contributed by atoms with Gasteiger partial charge in [-0.2, -0.15) is 0 Å². The molecule has 0 bridgehead atoms. The predicted molar refractivity (Wildman–Crippen MR) is 116 cm³/mol. The lowest BCUT2D eigenvalue weighted by Gasteiger charge is -2.27. The van der Waals surface area contributed by atoms with Crippen LogP contribution in [0.25, 0.3) is 0 Å². The van der Waals surface area contributed by atoms with Crippen molar-refractivity contribution in [2.75, 3.05) is 27.2 Å². The number of allylic oxidation sites excluding steroid dienone is 1. The van der Waals surface area contributed by atoms with Gasteiger partial charge >= 0.3 is 0 Å². The Hall–Kier alpha value is -1.81. The predicted octanol–water partition coefficient (Wildman–Crippen LogP) is 5.15. The van der Waals surface area contributed by atoms with E-state index in [1.54, 1.807) is 0 Å². The Morgan fingerprint density at radius 1 is 0.926 bits per heavy atom. The third-order valence-electron chi connectivity index (χ3n) is 4.75. The van der Waals surface area contributed by atoms with Crippen molar-refractivity contribution in [2.24, 2.45) is 5.92 Å². The van der Waals surface area contributed by atoms with Crippen LogP contribution < -0.4 is 0 Å². The molecule has 0 fully saturated rings. The summed E-state index contributed by atoms with van der Waals surface area (Å²) >= 11 is 0. The molecule has 1 aliphatic rings. The van der Waals surface area contributed by atoms with Gasteiger partial charge in [-0.25, -0.2) is 0 Å². The maximum atomic E-state index is 6.21. The molecule has 3 heteroatoms. The molecule has 0 amide bonds. The van der Waals surface area contributed by atoms with E-state index in [9.17, 15) is 0 Å². The van der Waals surface area contributed by atoms with E-state index in [0.29, 0.717) is 5.92 Å². The quantitative estimate of drug-likeness (QED) is 0.616. The maximum Gasteiger partial charge on any atom is 0.166 e. The summed E-state index contributed by atoms with van der Waals surface area (Å²) in [5.41, 5.74) is 1.32. The topological polar surface area (TPSA) is 12.5 Å². The Morgan fingerprint density at radius 2 is 1.48 bits per heavy atom. The summed E-state index contributed by atoms with van der Waals surface area (Å²) in [6.45, 7) is 6.20. The van der Waals surface area contributed by atoms with Crippen molar-refractivity contribution in [3.05, 3.63) is 83.3 Å². The van der Waals surface area contributed by atoms with Crippen LogP contribution in [0.3, 0.4) is 0 Å². The molecular formula is C24H30NOS+. The summed E-state index contributed by atoms with van der Waals surface area (Å²) in [4.78, 5) is 6.27. The van der Waals surface area contributed by atoms with E-state index in [1.165, 1.54) is 20.3 Å². The van der Waals surface area contributed by atoms with Crippen LogP contribution in [0.5, 0.6) is 0 Å². The lowest BCUT2D eigenvalue weighted by Crippen LogP contribution is -2.29. The normalized spacial score (nSPS) is 19.9. The van der Waals surface area contributed by atoms with E-state index >= 15 is 0 Å². The number of hydrogen-bond donors (Lipinski definition) is 0. The first-order valence-corrected chi connectivity index (χ1v) is 10.8. The summed E-state index contributed by atoms with van der Waals surface area (Å²) in [5.74, 6) is 0.370. The first kappa shape index (κ1) is 19.9. The fraction of sp³-hybridized carbons (Fsp3) is 0.333. The van der Waals surface area contributed by atoms with Crippen molar-refractivity contribution >= 4 is 10.9 Å². The van der Waals surface area contributed by atoms with Crippen LogP contribution >= 0.6 is 0 Å². The molecule has 0 N–H and O–H groups in total. The molecule has 142 valence electrons. The number of benzene rings is 2. The van der Waals surface area contributed by atoms with Crippen molar-refractivity contribution in [3.63, 3.8) is 0 Å². The molecule has 0 radical (unpaired) electrons. The summed E-state index contributed by atoms with van der Waals surface area (Å²) in [7, 11) is 4.08. The van der Waals surface area contributed by atoms with E-state index in [1.807, 2.05) is 0 Å². The Balaban J connectivity index is 1.88. The van der Waals surface area contributed by atoms with Gasteiger partial charge in [-0.15, -0.1) is 0 Å². The first-order chi connectivity index (χ1) is 13.1. The minimum Gasteiger partial charge on any atom is -0.372 e. The number of rotatable bonds is 7. The molecule has 0 saturated carbocycles. The van der Waals surface area contributed by atoms with E-state index in [2.05, 4.69) is 106 Å². The SMILES string of the molecule is CC1=CC([S+](c2ccccc2)c2ccccc2)=CC(C)C1OCCN(C)C. The summed E-state index contributed by atoms with van der Waals surface area (Å²) in [6.07, 6.45) is 4.94. The highest BCUT2D eigenvalue weighted by molar-refractivity contribution is 8.00. The van der Waals surface area contributed by atoms with Crippen LogP contribution in [0.2, 0.25) is 0 Å². The fourth-order valence-electron chi connectivity index (χ4n) is 3.41. The fourth-order valence-corrected chi connectivity index (χ4v) is 5.74. The second-order valence-corrected chi connectivity index (χ2v) is 9.37. The van der Waals surface area contributed by atoms with E-state index in [0.717, 1.165) is 13.2 Å². The molecule has 0 spiro atoms. The van der Waals surface area contributed by atoms with Crippen LogP contribution in [0, 0.1) is 5.92 Å². The average molecular weight is 381 g/mol. The van der Waals surface area contributed by atoms with Crippen molar-refractivity contribution in [3.8, 4) is 0 Å². The minimum absolute atomic E-state index is 0.0861. The van der Waals surface area contributed by atoms with Crippen molar-refractivity contribution in [2.45, 2.75) is 29.7 Å². The van der Waals surface area contributed by atoms with Crippen molar-refractivity contribution in [1.82, 2.24) is 4.90 Å². The molecule has 2 unspecified atom stereocenters. The third-order valence-corrected chi connectivity index (χ3v) is 6.97. The second-order valence-electron chi connectivity index (χ2n) is 7.34. The monoisotopic (exact) mass is 380 g/mol. The highest BCUT2D eigenvalue weighted by Gasteiger charge is 2.34. The Morgan fingerprint density at radius 3 is 1.96 bits per heavy atom. The molecule has 3 rings (SSSR count). The molecule has 0 aliphatic heterocycles. The highest BCUT2D eigenvalue weighted by Crippen LogP contribution is 2.36. The van der Waals surface area contributed by atoms with Crippen LogP contribution in [-0.2, 0) is 15.6 Å². The van der Waals surface area contributed by atoms with E-state index in [4.69, 9.17) is 4.74 Å². The average Bonchev–Trinajstić information content (AvgIpc) is 2.66. The standard InChI is InChI=1S/C24H30NOS/c1-19-17-23(18-20(2)24(19)26-16-15-25(3)4)27(21-11-7-5-8-12-21)22-13-9-6-10-14-22/h5-14,17-19,24H,15-16H2,1-4H3/q+1. The lowest BCUT2D eigenvalue weighted by atomic mass is 9.93. The molecule has 2 nitrogen and oxygen atoms in total. The molecule has 2 aromatic rings. The van der Waals surface area contributed by atoms with Gasteiger partial charge in [0.25, 0.3) is 0 Å². The molecule has 0 heterocycles. The van der Waals surface area contributed by atoms with Crippen LogP contribution in [0.4, 0.5) is 0 Å². The van der Waals surface area contributed by atoms with Crippen LogP contribution in [0.15, 0.2) is 93.1 Å². The molecule has 2 atom stereocenters. The zero-order chi connectivity index (χ0) is 19.2. The van der Waals surface area contributed by atoms with Gasteiger partial charge in [0.15, 0.2) is 14.7 Å². The molecule has 0 aromatic heterocycles. The van der Waals surface area contributed by atoms with Gasteiger partial charge in [0, 0.05) is 12.5 Å². The lowest BCUT2D eigenvalue weighted by molar-refractivity contribution is 0.0448. The molecule has 1 aliphatic carbocycles. The van der Waals surface area contributed by atoms with Gasteiger partial charge in [-0.3, -0.25) is 0 Å². The molecule has 27 heavy (non-hydrogen) atoms. The van der Waals surface area contributed by atoms with Gasteiger partial charge in [-0.1, -0.05) is 43.3 Å². The Labute approximate surface area is 166 Å². The molecule has 0 saturated heterocycles. The first-order valence-electron chi connectivity index (χ1n) is 9.57. The van der Waals surface area contributed by atoms with Gasteiger partial charge in [-0.05, 0) is 63.0 Å². The third kappa shape index (κ3) is 5.13. The van der Waals surface area contributed by atoms with Crippen LogP contribution in [-0.4, -0.2) is 38.3 Å². The smallest absolute Gasteiger partial charge is 0.166 e. The van der Waals surface area contributed by atoms with Crippen LogP contribution in [0.1, 0.15) is 13.8 Å². The number of nitrogens with zero attached hydrogens (tertiary/aromatic N) is 1. The maximum absolute atomic E-state index is 6.21. The Kier molecular flexibility index (Phi) is 6.95. The number of likely N-dealkylation sites (N-methyl/N-ethyl adjacent to an activating group) is 1. The second kappa shape index (κ2) is 9.41. The summed E-state index contributed by atoms with van der Waals surface area (Å²) < 4.78 is 6.21. The van der Waals surface area contributed by atoms with Gasteiger partial charge < -0.3 is 9.64 Å². The molecule has 2 aromatic carbocycles. The Bertz CT molecular complexity index is 743. The minimum atomic E-state index is -0.0861.